The van der Waals surface area contributed by atoms with E-state index in [1.807, 2.05) is 26.0 Å². The second-order valence-electron chi connectivity index (χ2n) is 8.37. The average Bonchev–Trinajstić information content (AvgIpc) is 2.68. The van der Waals surface area contributed by atoms with Crippen molar-refractivity contribution in [3.8, 4) is 0 Å². The normalized spacial score (nSPS) is 11.0. The van der Waals surface area contributed by atoms with Crippen molar-refractivity contribution in [1.82, 2.24) is 10.2 Å². The number of aryl methyl sites for hydroxylation is 2. The standard InChI is InChI=1S/C25H43N3O2/c1-5-7-8-9-12-15-26-24(29)14-11-10-13-16-28(6-2)20-25(30)27-23-18-21(3)17-22(4)19-23/h17-19H,5-16,20H2,1-4H3,(H,26,29)(H,27,30). The third kappa shape index (κ3) is 12.6. The van der Waals surface area contributed by atoms with Gasteiger partial charge in [0, 0.05) is 18.7 Å². The largest absolute Gasteiger partial charge is 0.356 e. The molecule has 5 heteroatoms. The Labute approximate surface area is 184 Å². The van der Waals surface area contributed by atoms with Crippen molar-refractivity contribution in [3.63, 3.8) is 0 Å². The van der Waals surface area contributed by atoms with E-state index in [0.717, 1.165) is 62.1 Å². The van der Waals surface area contributed by atoms with Gasteiger partial charge in [-0.15, -0.1) is 0 Å². The molecule has 170 valence electrons. The van der Waals surface area contributed by atoms with Crippen LogP contribution in [0.25, 0.3) is 0 Å². The van der Waals surface area contributed by atoms with E-state index in [1.54, 1.807) is 0 Å². The summed E-state index contributed by atoms with van der Waals surface area (Å²) in [5.74, 6) is 0.200. The number of rotatable bonds is 16. The minimum Gasteiger partial charge on any atom is -0.356 e. The van der Waals surface area contributed by atoms with Crippen molar-refractivity contribution < 1.29 is 9.59 Å². The van der Waals surface area contributed by atoms with Crippen molar-refractivity contribution in [3.05, 3.63) is 29.3 Å². The summed E-state index contributed by atoms with van der Waals surface area (Å²) in [5, 5.41) is 6.03. The first-order chi connectivity index (χ1) is 14.4. The number of carbonyl (C=O) groups excluding carboxylic acids is 2. The molecule has 0 bridgehead atoms. The van der Waals surface area contributed by atoms with Gasteiger partial charge < -0.3 is 10.6 Å². The molecule has 0 atom stereocenters. The van der Waals surface area contributed by atoms with Gasteiger partial charge in [-0.2, -0.15) is 0 Å². The minimum absolute atomic E-state index is 0.0279. The van der Waals surface area contributed by atoms with Crippen LogP contribution >= 0.6 is 0 Å². The molecule has 0 saturated heterocycles. The molecule has 30 heavy (non-hydrogen) atoms. The predicted octanol–water partition coefficient (Wildman–Crippen LogP) is 5.21. The number of hydrogen-bond acceptors (Lipinski definition) is 3. The van der Waals surface area contributed by atoms with Gasteiger partial charge >= 0.3 is 0 Å². The molecule has 2 amide bonds. The smallest absolute Gasteiger partial charge is 0.238 e. The van der Waals surface area contributed by atoms with Crippen molar-refractivity contribution in [1.29, 1.82) is 0 Å². The van der Waals surface area contributed by atoms with Crippen molar-refractivity contribution in [2.75, 3.05) is 31.5 Å². The Morgan fingerprint density at radius 2 is 1.50 bits per heavy atom. The maximum Gasteiger partial charge on any atom is 0.238 e. The summed E-state index contributed by atoms with van der Waals surface area (Å²) >= 11 is 0. The second kappa shape index (κ2) is 15.9. The number of amides is 2. The van der Waals surface area contributed by atoms with Crippen LogP contribution in [0.3, 0.4) is 0 Å². The number of anilines is 1. The van der Waals surface area contributed by atoms with Crippen molar-refractivity contribution >= 4 is 17.5 Å². The summed E-state index contributed by atoms with van der Waals surface area (Å²) in [6.07, 6.45) is 9.63. The Morgan fingerprint density at radius 3 is 2.17 bits per heavy atom. The van der Waals surface area contributed by atoms with Crippen molar-refractivity contribution in [2.24, 2.45) is 0 Å². The Balaban J connectivity index is 2.14. The average molecular weight is 418 g/mol. The van der Waals surface area contributed by atoms with Crippen LogP contribution in [-0.4, -0.2) is 42.9 Å². The summed E-state index contributed by atoms with van der Waals surface area (Å²) in [6.45, 7) is 11.3. The van der Waals surface area contributed by atoms with E-state index in [0.29, 0.717) is 13.0 Å². The molecule has 1 aromatic rings. The Bertz CT molecular complexity index is 611. The van der Waals surface area contributed by atoms with Crippen LogP contribution < -0.4 is 10.6 Å². The molecule has 5 nitrogen and oxygen atoms in total. The van der Waals surface area contributed by atoms with Gasteiger partial charge in [0.05, 0.1) is 6.54 Å². The first-order valence-electron chi connectivity index (χ1n) is 11.8. The quantitative estimate of drug-likeness (QED) is 0.363. The van der Waals surface area contributed by atoms with E-state index in [4.69, 9.17) is 0 Å². The molecule has 0 aliphatic heterocycles. The summed E-state index contributed by atoms with van der Waals surface area (Å²) in [4.78, 5) is 26.4. The minimum atomic E-state index is 0.0279. The lowest BCUT2D eigenvalue weighted by molar-refractivity contribution is -0.121. The van der Waals surface area contributed by atoms with E-state index < -0.39 is 0 Å². The Morgan fingerprint density at radius 1 is 0.833 bits per heavy atom. The first-order valence-corrected chi connectivity index (χ1v) is 11.8. The number of hydrogen-bond donors (Lipinski definition) is 2. The first kappa shape index (κ1) is 26.2. The highest BCUT2D eigenvalue weighted by Gasteiger charge is 2.10. The van der Waals surface area contributed by atoms with E-state index in [-0.39, 0.29) is 11.8 Å². The topological polar surface area (TPSA) is 61.4 Å². The van der Waals surface area contributed by atoms with Gasteiger partial charge in [-0.25, -0.2) is 0 Å². The number of benzene rings is 1. The maximum absolute atomic E-state index is 12.4. The molecule has 0 saturated carbocycles. The number of nitrogens with zero attached hydrogens (tertiary/aromatic N) is 1. The van der Waals surface area contributed by atoms with Gasteiger partial charge in [0.25, 0.3) is 0 Å². The zero-order chi connectivity index (χ0) is 22.2. The fraction of sp³-hybridized carbons (Fsp3) is 0.680. The highest BCUT2D eigenvalue weighted by molar-refractivity contribution is 5.92. The highest BCUT2D eigenvalue weighted by Crippen LogP contribution is 2.13. The number of carbonyl (C=O) groups is 2. The van der Waals surface area contributed by atoms with Gasteiger partial charge in [-0.3, -0.25) is 14.5 Å². The molecule has 0 unspecified atom stereocenters. The maximum atomic E-state index is 12.4. The SMILES string of the molecule is CCCCCCCNC(=O)CCCCCN(CC)CC(=O)Nc1cc(C)cc(C)c1. The highest BCUT2D eigenvalue weighted by atomic mass is 16.2. The van der Waals surface area contributed by atoms with Gasteiger partial charge in [0.1, 0.15) is 0 Å². The molecular weight excluding hydrogens is 374 g/mol. The van der Waals surface area contributed by atoms with Crippen LogP contribution in [0.4, 0.5) is 5.69 Å². The zero-order valence-corrected chi connectivity index (χ0v) is 19.7. The van der Waals surface area contributed by atoms with Gasteiger partial charge in [-0.1, -0.05) is 52.0 Å². The molecule has 0 fully saturated rings. The summed E-state index contributed by atoms with van der Waals surface area (Å²) in [5.41, 5.74) is 3.17. The van der Waals surface area contributed by atoms with E-state index in [2.05, 4.69) is 35.4 Å². The molecule has 1 rings (SSSR count). The molecule has 0 heterocycles. The summed E-state index contributed by atoms with van der Waals surface area (Å²) < 4.78 is 0. The second-order valence-corrected chi connectivity index (χ2v) is 8.37. The molecule has 2 N–H and O–H groups in total. The molecule has 0 aliphatic rings. The predicted molar refractivity (Wildman–Crippen MR) is 127 cm³/mol. The van der Waals surface area contributed by atoms with Crippen LogP contribution in [0, 0.1) is 13.8 Å². The lowest BCUT2D eigenvalue weighted by atomic mass is 10.1. The monoisotopic (exact) mass is 417 g/mol. The molecular formula is C25H43N3O2. The number of unbranched alkanes of at least 4 members (excludes halogenated alkanes) is 6. The number of nitrogens with one attached hydrogen (secondary N) is 2. The van der Waals surface area contributed by atoms with Crippen LogP contribution in [0.5, 0.6) is 0 Å². The van der Waals surface area contributed by atoms with E-state index in [9.17, 15) is 9.59 Å². The van der Waals surface area contributed by atoms with Crippen LogP contribution in [-0.2, 0) is 9.59 Å². The van der Waals surface area contributed by atoms with E-state index >= 15 is 0 Å². The summed E-state index contributed by atoms with van der Waals surface area (Å²) in [7, 11) is 0. The summed E-state index contributed by atoms with van der Waals surface area (Å²) in [6, 6.07) is 6.09. The zero-order valence-electron chi connectivity index (χ0n) is 19.7. The molecule has 0 aromatic heterocycles. The van der Waals surface area contributed by atoms with Gasteiger partial charge in [-0.05, 0) is 69.5 Å². The molecule has 0 radical (unpaired) electrons. The lowest BCUT2D eigenvalue weighted by Gasteiger charge is -2.20. The molecule has 0 spiro atoms. The lowest BCUT2D eigenvalue weighted by Crippen LogP contribution is -2.34. The van der Waals surface area contributed by atoms with Gasteiger partial charge in [0.15, 0.2) is 0 Å². The van der Waals surface area contributed by atoms with Gasteiger partial charge in [0.2, 0.25) is 11.8 Å². The molecule has 0 aliphatic carbocycles. The third-order valence-electron chi connectivity index (χ3n) is 5.30. The van der Waals surface area contributed by atoms with Crippen LogP contribution in [0.1, 0.15) is 82.8 Å². The third-order valence-corrected chi connectivity index (χ3v) is 5.30. The van der Waals surface area contributed by atoms with Crippen LogP contribution in [0.2, 0.25) is 0 Å². The fourth-order valence-electron chi connectivity index (χ4n) is 3.64. The Kier molecular flexibility index (Phi) is 13.9. The fourth-order valence-corrected chi connectivity index (χ4v) is 3.64. The number of likely N-dealkylation sites (N-methyl/N-ethyl adjacent to an activating group) is 1. The molecule has 1 aromatic carbocycles. The van der Waals surface area contributed by atoms with E-state index in [1.165, 1.54) is 25.7 Å². The van der Waals surface area contributed by atoms with Crippen LogP contribution in [0.15, 0.2) is 18.2 Å². The Hall–Kier alpha value is -1.88. The van der Waals surface area contributed by atoms with Crippen molar-refractivity contribution in [2.45, 2.75) is 85.5 Å².